The molecule has 0 saturated heterocycles. The van der Waals surface area contributed by atoms with Crippen molar-refractivity contribution >= 4 is 0 Å². The van der Waals surface area contributed by atoms with E-state index in [2.05, 4.69) is 21.5 Å². The Morgan fingerprint density at radius 1 is 1.20 bits per heavy atom. The Kier molecular flexibility index (Phi) is 4.09. The summed E-state index contributed by atoms with van der Waals surface area (Å²) in [7, 11) is 0. The van der Waals surface area contributed by atoms with E-state index in [1.165, 1.54) is 5.56 Å². The molecule has 1 N–H and O–H groups in total. The summed E-state index contributed by atoms with van der Waals surface area (Å²) in [6, 6.07) is 11.4. The van der Waals surface area contributed by atoms with Crippen LogP contribution in [0.25, 0.3) is 5.82 Å². The SMILES string of the molecule is Cc1cc(C)n(-c2ccc(CNC3CCc4ccc(F)cc43)cn2)n1. The van der Waals surface area contributed by atoms with Crippen LogP contribution in [-0.2, 0) is 13.0 Å². The minimum Gasteiger partial charge on any atom is -0.306 e. The van der Waals surface area contributed by atoms with Crippen LogP contribution < -0.4 is 5.32 Å². The van der Waals surface area contributed by atoms with Gasteiger partial charge in [0.25, 0.3) is 0 Å². The summed E-state index contributed by atoms with van der Waals surface area (Å²) in [5, 5.41) is 7.98. The number of halogens is 1. The predicted molar refractivity (Wildman–Crippen MR) is 95.1 cm³/mol. The summed E-state index contributed by atoms with van der Waals surface area (Å²) in [5.41, 5.74) is 5.50. The third kappa shape index (κ3) is 3.20. The van der Waals surface area contributed by atoms with Crippen molar-refractivity contribution in [3.63, 3.8) is 0 Å². The second kappa shape index (κ2) is 6.41. The zero-order valence-electron chi connectivity index (χ0n) is 14.5. The van der Waals surface area contributed by atoms with E-state index in [0.717, 1.165) is 41.2 Å². The van der Waals surface area contributed by atoms with Crippen LogP contribution in [0.2, 0.25) is 0 Å². The first kappa shape index (κ1) is 16.0. The first-order valence-electron chi connectivity index (χ1n) is 8.60. The molecule has 128 valence electrons. The van der Waals surface area contributed by atoms with Gasteiger partial charge in [0, 0.05) is 24.5 Å². The summed E-state index contributed by atoms with van der Waals surface area (Å²) >= 11 is 0. The molecule has 5 heteroatoms. The van der Waals surface area contributed by atoms with Crippen LogP contribution in [0, 0.1) is 19.7 Å². The van der Waals surface area contributed by atoms with Gasteiger partial charge in [-0.25, -0.2) is 14.1 Å². The van der Waals surface area contributed by atoms with Gasteiger partial charge in [0.1, 0.15) is 5.82 Å². The fourth-order valence-corrected chi connectivity index (χ4v) is 3.53. The monoisotopic (exact) mass is 336 g/mol. The zero-order chi connectivity index (χ0) is 17.4. The van der Waals surface area contributed by atoms with E-state index in [4.69, 9.17) is 0 Å². The molecule has 0 aliphatic heterocycles. The molecule has 1 unspecified atom stereocenters. The summed E-state index contributed by atoms with van der Waals surface area (Å²) in [6.45, 7) is 4.71. The molecule has 2 heterocycles. The molecule has 0 fully saturated rings. The molecule has 1 aliphatic rings. The third-order valence-corrected chi connectivity index (χ3v) is 4.77. The van der Waals surface area contributed by atoms with Crippen molar-refractivity contribution in [1.29, 1.82) is 0 Å². The maximum absolute atomic E-state index is 13.5. The number of fused-ring (bicyclic) bond motifs is 1. The molecular weight excluding hydrogens is 315 g/mol. The minimum absolute atomic E-state index is 0.164. The standard InChI is InChI=1S/C20H21FN4/c1-13-9-14(2)25(24-13)20-8-3-15(12-23-20)11-22-19-7-5-16-4-6-17(21)10-18(16)19/h3-4,6,8-10,12,19,22H,5,7,11H2,1-2H3. The Hall–Kier alpha value is -2.53. The topological polar surface area (TPSA) is 42.7 Å². The van der Waals surface area contributed by atoms with Gasteiger partial charge in [0.05, 0.1) is 5.69 Å². The van der Waals surface area contributed by atoms with Gasteiger partial charge in [0.15, 0.2) is 5.82 Å². The average Bonchev–Trinajstić information content (AvgIpc) is 3.15. The number of nitrogens with one attached hydrogen (secondary N) is 1. The number of aryl methyl sites for hydroxylation is 3. The van der Waals surface area contributed by atoms with E-state index in [0.29, 0.717) is 6.54 Å². The van der Waals surface area contributed by atoms with Crippen molar-refractivity contribution in [2.75, 3.05) is 0 Å². The van der Waals surface area contributed by atoms with Crippen LogP contribution in [0.1, 0.15) is 40.5 Å². The van der Waals surface area contributed by atoms with E-state index >= 15 is 0 Å². The number of pyridine rings is 1. The van der Waals surface area contributed by atoms with E-state index in [9.17, 15) is 4.39 Å². The third-order valence-electron chi connectivity index (χ3n) is 4.77. The molecule has 1 aromatic carbocycles. The number of benzene rings is 1. The van der Waals surface area contributed by atoms with Crippen molar-refractivity contribution < 1.29 is 4.39 Å². The highest BCUT2D eigenvalue weighted by molar-refractivity contribution is 5.35. The fourth-order valence-electron chi connectivity index (χ4n) is 3.53. The molecule has 4 nitrogen and oxygen atoms in total. The van der Waals surface area contributed by atoms with Gasteiger partial charge in [-0.1, -0.05) is 12.1 Å². The Morgan fingerprint density at radius 2 is 2.08 bits per heavy atom. The van der Waals surface area contributed by atoms with Gasteiger partial charge >= 0.3 is 0 Å². The highest BCUT2D eigenvalue weighted by Crippen LogP contribution is 2.31. The number of nitrogens with zero attached hydrogens (tertiary/aromatic N) is 3. The predicted octanol–water partition coefficient (Wildman–Crippen LogP) is 3.80. The zero-order valence-corrected chi connectivity index (χ0v) is 14.5. The van der Waals surface area contributed by atoms with Crippen LogP contribution in [0.3, 0.4) is 0 Å². The Morgan fingerprint density at radius 3 is 2.80 bits per heavy atom. The lowest BCUT2D eigenvalue weighted by Crippen LogP contribution is -2.19. The average molecular weight is 336 g/mol. The van der Waals surface area contributed by atoms with E-state index in [-0.39, 0.29) is 11.9 Å². The van der Waals surface area contributed by atoms with Crippen molar-refractivity contribution in [3.05, 3.63) is 76.5 Å². The summed E-state index contributed by atoms with van der Waals surface area (Å²) in [5.74, 6) is 0.658. The molecule has 1 atom stereocenters. The normalized spacial score (nSPS) is 16.2. The smallest absolute Gasteiger partial charge is 0.153 e. The number of hydrogen-bond acceptors (Lipinski definition) is 3. The second-order valence-electron chi connectivity index (χ2n) is 6.68. The summed E-state index contributed by atoms with van der Waals surface area (Å²) in [6.07, 6.45) is 3.89. The molecule has 0 bridgehead atoms. The van der Waals surface area contributed by atoms with Crippen LogP contribution >= 0.6 is 0 Å². The highest BCUT2D eigenvalue weighted by Gasteiger charge is 2.22. The molecule has 0 amide bonds. The van der Waals surface area contributed by atoms with E-state index in [1.54, 1.807) is 12.1 Å². The van der Waals surface area contributed by atoms with Gasteiger partial charge in [-0.05, 0) is 67.6 Å². The first-order chi connectivity index (χ1) is 12.1. The lowest BCUT2D eigenvalue weighted by molar-refractivity contribution is 0.526. The molecule has 0 spiro atoms. The molecule has 1 aliphatic carbocycles. The number of rotatable bonds is 4. The second-order valence-corrected chi connectivity index (χ2v) is 6.68. The molecular formula is C20H21FN4. The van der Waals surface area contributed by atoms with Gasteiger partial charge < -0.3 is 5.32 Å². The van der Waals surface area contributed by atoms with Crippen LogP contribution in [-0.4, -0.2) is 14.8 Å². The fraction of sp³-hybridized carbons (Fsp3) is 0.300. The van der Waals surface area contributed by atoms with Crippen molar-refractivity contribution in [1.82, 2.24) is 20.1 Å². The number of aromatic nitrogens is 3. The number of hydrogen-bond donors (Lipinski definition) is 1. The van der Waals surface area contributed by atoms with Crippen LogP contribution in [0.5, 0.6) is 0 Å². The lowest BCUT2D eigenvalue weighted by Gasteiger charge is -2.14. The minimum atomic E-state index is -0.164. The summed E-state index contributed by atoms with van der Waals surface area (Å²) < 4.78 is 15.3. The van der Waals surface area contributed by atoms with E-state index < -0.39 is 0 Å². The molecule has 0 radical (unpaired) electrons. The van der Waals surface area contributed by atoms with Crippen LogP contribution in [0.4, 0.5) is 4.39 Å². The maximum atomic E-state index is 13.5. The van der Waals surface area contributed by atoms with Gasteiger partial charge in [0.2, 0.25) is 0 Å². The Balaban J connectivity index is 1.45. The Bertz CT molecular complexity index is 899. The van der Waals surface area contributed by atoms with Gasteiger partial charge in [-0.3, -0.25) is 0 Å². The molecule has 25 heavy (non-hydrogen) atoms. The van der Waals surface area contributed by atoms with Crippen molar-refractivity contribution in [2.24, 2.45) is 0 Å². The van der Waals surface area contributed by atoms with Crippen molar-refractivity contribution in [3.8, 4) is 5.82 Å². The Labute approximate surface area is 146 Å². The molecule has 0 saturated carbocycles. The van der Waals surface area contributed by atoms with Gasteiger partial charge in [-0.2, -0.15) is 5.10 Å². The molecule has 3 aromatic rings. The molecule has 4 rings (SSSR count). The highest BCUT2D eigenvalue weighted by atomic mass is 19.1. The quantitative estimate of drug-likeness (QED) is 0.788. The largest absolute Gasteiger partial charge is 0.306 e. The molecule has 2 aromatic heterocycles. The maximum Gasteiger partial charge on any atom is 0.153 e. The van der Waals surface area contributed by atoms with Gasteiger partial charge in [-0.15, -0.1) is 0 Å². The first-order valence-corrected chi connectivity index (χ1v) is 8.60. The lowest BCUT2D eigenvalue weighted by atomic mass is 10.1. The van der Waals surface area contributed by atoms with Crippen LogP contribution in [0.15, 0.2) is 42.6 Å². The van der Waals surface area contributed by atoms with E-state index in [1.807, 2.05) is 42.9 Å². The summed E-state index contributed by atoms with van der Waals surface area (Å²) in [4.78, 5) is 4.53. The van der Waals surface area contributed by atoms with Crippen molar-refractivity contribution in [2.45, 2.75) is 39.3 Å².